The molecule has 1 aliphatic rings. The summed E-state index contributed by atoms with van der Waals surface area (Å²) in [5.41, 5.74) is 3.58. The Morgan fingerprint density at radius 2 is 1.93 bits per heavy atom. The Morgan fingerprint density at radius 3 is 2.67 bits per heavy atom. The van der Waals surface area contributed by atoms with Crippen LogP contribution in [0.15, 0.2) is 48.5 Å². The van der Waals surface area contributed by atoms with Gasteiger partial charge in [0.05, 0.1) is 26.4 Å². The normalized spacial score (nSPS) is 16.5. The first-order chi connectivity index (χ1) is 14.5. The van der Waals surface area contributed by atoms with E-state index in [0.29, 0.717) is 6.54 Å². The standard InChI is InChI=1S/C24H33N3O3/c1-18-6-4-8-21(14-18)23(27-10-12-30-13-11-27)17-25-24(28)26-19(2)15-20-7-5-9-22(16-20)29-3/h4-9,14,16,19,23H,10-13,15,17H2,1-3H3,(H2,25,26,28). The fraction of sp³-hybridized carbons (Fsp3) is 0.458. The van der Waals surface area contributed by atoms with Crippen LogP contribution in [0.1, 0.15) is 29.7 Å². The largest absolute Gasteiger partial charge is 0.497 e. The first kappa shape index (κ1) is 22.1. The minimum Gasteiger partial charge on any atom is -0.497 e. The number of urea groups is 1. The number of nitrogens with one attached hydrogen (secondary N) is 2. The summed E-state index contributed by atoms with van der Waals surface area (Å²) in [5.74, 6) is 0.829. The lowest BCUT2D eigenvalue weighted by Crippen LogP contribution is -2.47. The zero-order chi connectivity index (χ0) is 21.3. The van der Waals surface area contributed by atoms with Crippen LogP contribution in [0.3, 0.4) is 0 Å². The molecule has 0 radical (unpaired) electrons. The van der Waals surface area contributed by atoms with Crippen molar-refractivity contribution in [2.75, 3.05) is 40.0 Å². The molecule has 2 unspecified atom stereocenters. The molecule has 2 atom stereocenters. The van der Waals surface area contributed by atoms with Gasteiger partial charge in [0.2, 0.25) is 0 Å². The Morgan fingerprint density at radius 1 is 1.17 bits per heavy atom. The van der Waals surface area contributed by atoms with E-state index in [1.54, 1.807) is 7.11 Å². The van der Waals surface area contributed by atoms with Gasteiger partial charge in [-0.25, -0.2) is 4.79 Å². The number of morpholine rings is 1. The summed E-state index contributed by atoms with van der Waals surface area (Å²) in [5, 5.41) is 6.13. The van der Waals surface area contributed by atoms with Gasteiger partial charge < -0.3 is 20.1 Å². The first-order valence-corrected chi connectivity index (χ1v) is 10.6. The third-order valence-corrected chi connectivity index (χ3v) is 5.42. The summed E-state index contributed by atoms with van der Waals surface area (Å²) >= 11 is 0. The van der Waals surface area contributed by atoms with E-state index < -0.39 is 0 Å². The monoisotopic (exact) mass is 411 g/mol. The Labute approximate surface area is 179 Å². The minimum atomic E-state index is -0.142. The lowest BCUT2D eigenvalue weighted by Gasteiger charge is -2.35. The van der Waals surface area contributed by atoms with E-state index >= 15 is 0 Å². The molecule has 0 saturated carbocycles. The van der Waals surface area contributed by atoms with Gasteiger partial charge in [-0.3, -0.25) is 4.90 Å². The maximum absolute atomic E-state index is 12.6. The van der Waals surface area contributed by atoms with Crippen molar-refractivity contribution >= 4 is 6.03 Å². The molecule has 3 rings (SSSR count). The average molecular weight is 412 g/mol. The van der Waals surface area contributed by atoms with E-state index in [1.165, 1.54) is 11.1 Å². The highest BCUT2D eigenvalue weighted by molar-refractivity contribution is 5.74. The number of amides is 2. The number of rotatable bonds is 8. The van der Waals surface area contributed by atoms with Gasteiger partial charge in [0.1, 0.15) is 5.75 Å². The van der Waals surface area contributed by atoms with Gasteiger partial charge in [0, 0.05) is 25.7 Å². The van der Waals surface area contributed by atoms with Crippen molar-refractivity contribution < 1.29 is 14.3 Å². The van der Waals surface area contributed by atoms with E-state index in [4.69, 9.17) is 9.47 Å². The molecule has 0 aromatic heterocycles. The van der Waals surface area contributed by atoms with Crippen LogP contribution in [-0.4, -0.2) is 56.9 Å². The number of benzene rings is 2. The van der Waals surface area contributed by atoms with Crippen LogP contribution in [0, 0.1) is 6.92 Å². The number of nitrogens with zero attached hydrogens (tertiary/aromatic N) is 1. The van der Waals surface area contributed by atoms with Crippen molar-refractivity contribution in [3.63, 3.8) is 0 Å². The lowest BCUT2D eigenvalue weighted by atomic mass is 10.0. The molecule has 1 saturated heterocycles. The summed E-state index contributed by atoms with van der Waals surface area (Å²) < 4.78 is 10.8. The first-order valence-electron chi connectivity index (χ1n) is 10.6. The SMILES string of the molecule is COc1cccc(CC(C)NC(=O)NCC(c2cccc(C)c2)N2CCOCC2)c1. The highest BCUT2D eigenvalue weighted by Gasteiger charge is 2.23. The zero-order valence-electron chi connectivity index (χ0n) is 18.2. The quantitative estimate of drug-likeness (QED) is 0.700. The maximum Gasteiger partial charge on any atom is 0.315 e. The third-order valence-electron chi connectivity index (χ3n) is 5.42. The topological polar surface area (TPSA) is 62.8 Å². The smallest absolute Gasteiger partial charge is 0.315 e. The highest BCUT2D eigenvalue weighted by atomic mass is 16.5. The van der Waals surface area contributed by atoms with Crippen molar-refractivity contribution in [3.8, 4) is 5.75 Å². The summed E-state index contributed by atoms with van der Waals surface area (Å²) in [6.07, 6.45) is 0.745. The molecule has 2 amide bonds. The Kier molecular flexibility index (Phi) is 8.11. The number of aryl methyl sites for hydroxylation is 1. The molecule has 6 nitrogen and oxygen atoms in total. The van der Waals surface area contributed by atoms with Gasteiger partial charge in [0.25, 0.3) is 0 Å². The van der Waals surface area contributed by atoms with E-state index in [-0.39, 0.29) is 18.1 Å². The molecule has 6 heteroatoms. The van der Waals surface area contributed by atoms with Gasteiger partial charge in [-0.2, -0.15) is 0 Å². The summed E-state index contributed by atoms with van der Waals surface area (Å²) in [4.78, 5) is 14.9. The number of carbonyl (C=O) groups is 1. The van der Waals surface area contributed by atoms with Crippen molar-refractivity contribution in [3.05, 3.63) is 65.2 Å². The van der Waals surface area contributed by atoms with Gasteiger partial charge in [-0.1, -0.05) is 42.0 Å². The molecule has 1 fully saturated rings. The molecule has 2 aromatic rings. The molecule has 0 bridgehead atoms. The summed E-state index contributed by atoms with van der Waals surface area (Å²) in [7, 11) is 1.66. The molecule has 162 valence electrons. The van der Waals surface area contributed by atoms with E-state index in [2.05, 4.69) is 46.7 Å². The highest BCUT2D eigenvalue weighted by Crippen LogP contribution is 2.22. The molecule has 1 heterocycles. The number of ether oxygens (including phenoxy) is 2. The van der Waals surface area contributed by atoms with Crippen LogP contribution in [0.4, 0.5) is 4.79 Å². The van der Waals surface area contributed by atoms with Crippen molar-refractivity contribution in [1.29, 1.82) is 0 Å². The van der Waals surface area contributed by atoms with Crippen molar-refractivity contribution in [2.45, 2.75) is 32.4 Å². The van der Waals surface area contributed by atoms with Gasteiger partial charge >= 0.3 is 6.03 Å². The lowest BCUT2D eigenvalue weighted by molar-refractivity contribution is 0.0167. The summed E-state index contributed by atoms with van der Waals surface area (Å²) in [6.45, 7) is 7.86. The van der Waals surface area contributed by atoms with Crippen LogP contribution in [-0.2, 0) is 11.2 Å². The number of carbonyl (C=O) groups excluding carboxylic acids is 1. The molecule has 2 N–H and O–H groups in total. The second kappa shape index (κ2) is 11.0. The number of hydrogen-bond donors (Lipinski definition) is 2. The maximum atomic E-state index is 12.6. The van der Waals surface area contributed by atoms with E-state index in [9.17, 15) is 4.79 Å². The van der Waals surface area contributed by atoms with Gasteiger partial charge in [0.15, 0.2) is 0 Å². The molecule has 2 aromatic carbocycles. The minimum absolute atomic E-state index is 0.0120. The second-order valence-electron chi connectivity index (χ2n) is 7.89. The van der Waals surface area contributed by atoms with Crippen LogP contribution in [0.25, 0.3) is 0 Å². The molecule has 1 aliphatic heterocycles. The van der Waals surface area contributed by atoms with E-state index in [1.807, 2.05) is 31.2 Å². The summed E-state index contributed by atoms with van der Waals surface area (Å²) in [6, 6.07) is 16.5. The predicted molar refractivity (Wildman–Crippen MR) is 119 cm³/mol. The van der Waals surface area contributed by atoms with Crippen molar-refractivity contribution in [1.82, 2.24) is 15.5 Å². The Hall–Kier alpha value is -2.57. The molecule has 30 heavy (non-hydrogen) atoms. The fourth-order valence-electron chi connectivity index (χ4n) is 3.89. The van der Waals surface area contributed by atoms with Crippen LogP contribution < -0.4 is 15.4 Å². The van der Waals surface area contributed by atoms with Crippen LogP contribution in [0.5, 0.6) is 5.75 Å². The Balaban J connectivity index is 1.56. The molecule has 0 spiro atoms. The third kappa shape index (κ3) is 6.47. The van der Waals surface area contributed by atoms with Crippen LogP contribution >= 0.6 is 0 Å². The average Bonchev–Trinajstić information content (AvgIpc) is 2.75. The fourth-order valence-corrected chi connectivity index (χ4v) is 3.89. The molecule has 0 aliphatic carbocycles. The van der Waals surface area contributed by atoms with Crippen molar-refractivity contribution in [2.24, 2.45) is 0 Å². The Bertz CT molecular complexity index is 821. The number of methoxy groups -OCH3 is 1. The second-order valence-corrected chi connectivity index (χ2v) is 7.89. The van der Waals surface area contributed by atoms with Gasteiger partial charge in [-0.15, -0.1) is 0 Å². The van der Waals surface area contributed by atoms with Gasteiger partial charge in [-0.05, 0) is 43.5 Å². The molecular weight excluding hydrogens is 378 g/mol. The zero-order valence-corrected chi connectivity index (χ0v) is 18.2. The number of hydrogen-bond acceptors (Lipinski definition) is 4. The molecular formula is C24H33N3O3. The van der Waals surface area contributed by atoms with Crippen LogP contribution in [0.2, 0.25) is 0 Å². The predicted octanol–water partition coefficient (Wildman–Crippen LogP) is 3.31. The van der Waals surface area contributed by atoms with E-state index in [0.717, 1.165) is 44.0 Å².